The number of phosphoric ester groups is 2. The van der Waals surface area contributed by atoms with Gasteiger partial charge in [-0.15, -0.1) is 0 Å². The van der Waals surface area contributed by atoms with Gasteiger partial charge in [-0.1, -0.05) is 0 Å². The van der Waals surface area contributed by atoms with Gasteiger partial charge in [-0.25, -0.2) is 42.8 Å². The lowest BCUT2D eigenvalue weighted by atomic mass is 10.1. The van der Waals surface area contributed by atoms with Crippen LogP contribution in [0.3, 0.4) is 0 Å². The first-order valence-corrected chi connectivity index (χ1v) is 17.2. The number of rotatable bonds is 2. The minimum Gasteiger partial charge on any atom is -0.382 e. The van der Waals surface area contributed by atoms with E-state index < -0.39 is 90.1 Å². The van der Waals surface area contributed by atoms with Gasteiger partial charge in [-0.2, -0.15) is 0 Å². The molecular formula is C23H24F2N10O11P2. The number of hydrogen-bond donors (Lipinski definition) is 4. The Morgan fingerprint density at radius 2 is 1.62 bits per heavy atom. The number of hydrogen-bond acceptors (Lipinski definition) is 15. The van der Waals surface area contributed by atoms with Gasteiger partial charge in [0.1, 0.15) is 30.2 Å². The molecule has 25 heteroatoms. The van der Waals surface area contributed by atoms with Crippen LogP contribution in [0.15, 0.2) is 36.2 Å². The van der Waals surface area contributed by atoms with Gasteiger partial charge >= 0.3 is 15.6 Å². The molecule has 10 atom stereocenters. The van der Waals surface area contributed by atoms with Crippen molar-refractivity contribution in [3.63, 3.8) is 0 Å². The van der Waals surface area contributed by atoms with Crippen molar-refractivity contribution < 1.29 is 55.3 Å². The number of nitrogen functional groups attached to an aromatic ring is 1. The molecule has 3 aliphatic heterocycles. The number of aromatic amines is 1. The number of aromatic nitrogens is 9. The monoisotopic (exact) mass is 716 g/mol. The van der Waals surface area contributed by atoms with E-state index in [9.17, 15) is 23.7 Å². The Morgan fingerprint density at radius 3 is 2.46 bits per heavy atom. The molecule has 3 aliphatic rings. The van der Waals surface area contributed by atoms with Gasteiger partial charge in [0.15, 0.2) is 47.4 Å². The summed E-state index contributed by atoms with van der Waals surface area (Å²) in [5.41, 5.74) is 5.38. The highest BCUT2D eigenvalue weighted by molar-refractivity contribution is 7.47. The molecule has 0 radical (unpaired) electrons. The number of ether oxygens (including phenoxy) is 2. The maximum atomic E-state index is 16.0. The molecular weight excluding hydrogens is 692 g/mol. The SMILES string of the molecule is Nc1ncnc2c1ncn2[C@@H]1O[C@@H]2COP(=O)(O)O[C@@H]3[C@H](F)[C@@H](CCOP(=O)(O)O[C@H]2[C@H]1F)O[C@H]3n1cnc2c(=O)[nH]c3nccn3c21. The minimum absolute atomic E-state index is 0.00956. The van der Waals surface area contributed by atoms with Crippen LogP contribution in [0, 0.1) is 0 Å². The van der Waals surface area contributed by atoms with E-state index in [1.165, 1.54) is 21.4 Å². The fourth-order valence-corrected chi connectivity index (χ4v) is 7.86. The zero-order valence-electron chi connectivity index (χ0n) is 24.0. The third-order valence-corrected chi connectivity index (χ3v) is 10.1. The molecule has 5 N–H and O–H groups in total. The Labute approximate surface area is 264 Å². The van der Waals surface area contributed by atoms with Crippen LogP contribution in [-0.2, 0) is 36.7 Å². The number of phosphoric acid groups is 2. The van der Waals surface area contributed by atoms with Gasteiger partial charge in [-0.3, -0.25) is 41.4 Å². The third-order valence-electron chi connectivity index (χ3n) is 8.11. The number of imidazole rings is 3. The van der Waals surface area contributed by atoms with Gasteiger partial charge in [0, 0.05) is 18.8 Å². The Kier molecular flexibility index (Phi) is 7.49. The zero-order chi connectivity index (χ0) is 33.5. The summed E-state index contributed by atoms with van der Waals surface area (Å²) in [5.74, 6) is 0.111. The quantitative estimate of drug-likeness (QED) is 0.183. The first kappa shape index (κ1) is 31.5. The van der Waals surface area contributed by atoms with E-state index in [1.807, 2.05) is 0 Å². The van der Waals surface area contributed by atoms with E-state index in [4.69, 9.17) is 33.3 Å². The van der Waals surface area contributed by atoms with E-state index in [1.54, 1.807) is 0 Å². The third kappa shape index (κ3) is 5.23. The second-order valence-corrected chi connectivity index (χ2v) is 13.8. The van der Waals surface area contributed by atoms with Crippen molar-refractivity contribution in [1.82, 2.24) is 43.4 Å². The van der Waals surface area contributed by atoms with Crippen molar-refractivity contribution in [2.75, 3.05) is 18.9 Å². The van der Waals surface area contributed by atoms with Crippen LogP contribution >= 0.6 is 15.6 Å². The molecule has 3 fully saturated rings. The molecule has 3 saturated heterocycles. The number of nitrogens with zero attached hydrogens (tertiary/aromatic N) is 8. The van der Waals surface area contributed by atoms with Crippen molar-refractivity contribution in [2.45, 2.75) is 55.6 Å². The topological polar surface area (TPSA) is 268 Å². The second kappa shape index (κ2) is 11.4. The highest BCUT2D eigenvalue weighted by Crippen LogP contribution is 2.54. The van der Waals surface area contributed by atoms with Crippen LogP contribution in [0.5, 0.6) is 0 Å². The fourth-order valence-electron chi connectivity index (χ4n) is 5.98. The largest absolute Gasteiger partial charge is 0.472 e. The van der Waals surface area contributed by atoms with Crippen molar-refractivity contribution in [3.8, 4) is 0 Å². The maximum absolute atomic E-state index is 16.0. The molecule has 2 unspecified atom stereocenters. The molecule has 0 amide bonds. The molecule has 8 heterocycles. The van der Waals surface area contributed by atoms with Crippen LogP contribution in [0.25, 0.3) is 28.1 Å². The molecule has 0 saturated carbocycles. The zero-order valence-corrected chi connectivity index (χ0v) is 25.8. The molecule has 0 aliphatic carbocycles. The summed E-state index contributed by atoms with van der Waals surface area (Å²) in [4.78, 5) is 56.5. The molecule has 0 spiro atoms. The Hall–Kier alpha value is -3.76. The van der Waals surface area contributed by atoms with Gasteiger partial charge in [0.25, 0.3) is 5.56 Å². The van der Waals surface area contributed by atoms with Crippen LogP contribution in [0.2, 0.25) is 0 Å². The van der Waals surface area contributed by atoms with E-state index in [2.05, 4.69) is 29.9 Å². The minimum atomic E-state index is -5.24. The number of nitrogens with two attached hydrogens (primary N) is 1. The molecule has 21 nitrogen and oxygen atoms in total. The van der Waals surface area contributed by atoms with Crippen molar-refractivity contribution in [3.05, 3.63) is 41.7 Å². The maximum Gasteiger partial charge on any atom is 0.472 e. The van der Waals surface area contributed by atoms with E-state index in [-0.39, 0.29) is 33.9 Å². The average molecular weight is 716 g/mol. The Balaban J connectivity index is 1.13. The summed E-state index contributed by atoms with van der Waals surface area (Å²) in [6.07, 6.45) is -8.40. The Morgan fingerprint density at radius 1 is 0.896 bits per heavy atom. The lowest BCUT2D eigenvalue weighted by molar-refractivity contribution is -0.0550. The number of anilines is 1. The molecule has 0 aromatic carbocycles. The molecule has 8 rings (SSSR count). The molecule has 48 heavy (non-hydrogen) atoms. The van der Waals surface area contributed by atoms with Crippen molar-refractivity contribution in [2.24, 2.45) is 0 Å². The normalized spacial score (nSPS) is 36.5. The molecule has 5 aromatic rings. The molecule has 256 valence electrons. The van der Waals surface area contributed by atoms with E-state index in [0.29, 0.717) is 0 Å². The summed E-state index contributed by atoms with van der Waals surface area (Å²) in [6.45, 7) is -1.58. The van der Waals surface area contributed by atoms with E-state index >= 15 is 8.78 Å². The standard InChI is InChI=1S/C23H24F2N10O11P2/c24-11-9-1-4-41-47(37,38)45-15-10(44-21(12(15)25)34-7-30-13-17(26)28-6-29-18(13)34)5-42-48(39,40)46-16(11)22(43-9)35-8-31-14-19(36)32-23-27-2-3-33(23)20(14)35/h2-3,6-12,15-16,21-22H,1,4-5H2,(H,37,38)(H,39,40)(H2,26,28,29)(H,27,32,36)/t9-,10-,11-,12-,15-,16-,21-,22-/m1/s1. The van der Waals surface area contributed by atoms with Gasteiger partial charge < -0.3 is 25.0 Å². The summed E-state index contributed by atoms with van der Waals surface area (Å²) in [5, 5.41) is 0. The fraction of sp³-hybridized carbons (Fsp3) is 0.478. The average Bonchev–Trinajstić information content (AvgIpc) is 3.85. The summed E-state index contributed by atoms with van der Waals surface area (Å²) in [7, 11) is -10.3. The van der Waals surface area contributed by atoms with Crippen molar-refractivity contribution >= 4 is 49.6 Å². The predicted molar refractivity (Wildman–Crippen MR) is 152 cm³/mol. The highest BCUT2D eigenvalue weighted by atomic mass is 31.2. The number of halogens is 2. The van der Waals surface area contributed by atoms with Crippen molar-refractivity contribution in [1.29, 1.82) is 0 Å². The van der Waals surface area contributed by atoms with Gasteiger partial charge in [0.2, 0.25) is 5.78 Å². The van der Waals surface area contributed by atoms with Gasteiger partial charge in [0.05, 0.1) is 32.0 Å². The van der Waals surface area contributed by atoms with Crippen LogP contribution < -0.4 is 11.3 Å². The smallest absolute Gasteiger partial charge is 0.382 e. The number of alkyl halides is 2. The summed E-state index contributed by atoms with van der Waals surface area (Å²) in [6, 6.07) is 0. The number of nitrogens with one attached hydrogen (secondary N) is 1. The second-order valence-electron chi connectivity index (χ2n) is 11.0. The summed E-state index contributed by atoms with van der Waals surface area (Å²) >= 11 is 0. The first-order chi connectivity index (χ1) is 22.9. The molecule has 2 bridgehead atoms. The Bertz CT molecular complexity index is 2200. The lowest BCUT2D eigenvalue weighted by Gasteiger charge is -2.25. The van der Waals surface area contributed by atoms with Crippen LogP contribution in [0.4, 0.5) is 14.6 Å². The highest BCUT2D eigenvalue weighted by Gasteiger charge is 2.54. The summed E-state index contributed by atoms with van der Waals surface area (Å²) < 4.78 is 94.3. The van der Waals surface area contributed by atoms with Gasteiger partial charge in [-0.05, 0) is 0 Å². The van der Waals surface area contributed by atoms with E-state index in [0.717, 1.165) is 23.5 Å². The number of H-pyrrole nitrogens is 1. The first-order valence-electron chi connectivity index (χ1n) is 14.2. The van der Waals surface area contributed by atoms with Crippen LogP contribution in [0.1, 0.15) is 18.9 Å². The number of fused-ring (bicyclic) bond motifs is 7. The molecule has 5 aromatic heterocycles. The lowest BCUT2D eigenvalue weighted by Crippen LogP contribution is -2.35. The predicted octanol–water partition coefficient (Wildman–Crippen LogP) is 0.673. The van der Waals surface area contributed by atoms with Crippen LogP contribution in [-0.4, -0.2) is 103 Å².